The third-order valence-electron chi connectivity index (χ3n) is 3.08. The molecule has 0 fully saturated rings. The van der Waals surface area contributed by atoms with E-state index in [0.29, 0.717) is 0 Å². The van der Waals surface area contributed by atoms with E-state index in [1.54, 1.807) is 0 Å². The average Bonchev–Trinajstić information content (AvgIpc) is 2.41. The van der Waals surface area contributed by atoms with Crippen LogP contribution in [0.3, 0.4) is 0 Å². The van der Waals surface area contributed by atoms with Crippen molar-refractivity contribution < 1.29 is 87.6 Å². The predicted molar refractivity (Wildman–Crippen MR) is 50.4 cm³/mol. The third-order valence-corrected chi connectivity index (χ3v) is 3.96. The van der Waals surface area contributed by atoms with Crippen LogP contribution < -0.4 is 0 Å². The highest BCUT2D eigenvalue weighted by molar-refractivity contribution is 7.86. The maximum Gasteiger partial charge on any atom is 0.460 e. The van der Waals surface area contributed by atoms with Crippen molar-refractivity contribution >= 4 is 10.1 Å². The Morgan fingerprint density at radius 2 is 0.759 bits per heavy atom. The summed E-state index contributed by atoms with van der Waals surface area (Å²) in [5.41, 5.74) is -9.15. The van der Waals surface area contributed by atoms with Crippen molar-refractivity contribution in [2.45, 2.75) is 47.0 Å². The fraction of sp³-hybridized carbons (Fsp3) is 1.00. The fourth-order valence-electron chi connectivity index (χ4n) is 1.50. The molecule has 1 unspecified atom stereocenters. The molecule has 0 N–H and O–H groups in total. The molecular weight excluding hydrogens is 499 g/mol. The standard InChI is InChI=1S/C8HF17O3S/c9-1(6(18,19)20,3(12,13)8(24,25)29(26,27)28)2(10,11)4(14,15)5(16,17)7(21,22)23/h(H,26,27,28)/p-1. The molecule has 0 aromatic heterocycles. The van der Waals surface area contributed by atoms with Crippen LogP contribution in [0.5, 0.6) is 0 Å². The molecule has 0 saturated heterocycles. The summed E-state index contributed by atoms with van der Waals surface area (Å²) in [5, 5.41) is -8.20. The van der Waals surface area contributed by atoms with Gasteiger partial charge in [-0.2, -0.15) is 70.2 Å². The summed E-state index contributed by atoms with van der Waals surface area (Å²) in [4.78, 5) is 0. The molecule has 0 aromatic rings. The Balaban J connectivity index is 7.39. The SMILES string of the molecule is O=S(=O)([O-])C(F)(F)C(F)(F)C(F)(C(F)(F)F)C(F)(F)C(F)(F)C(F)(F)C(F)(F)F. The number of halogens is 17. The van der Waals surface area contributed by atoms with Gasteiger partial charge in [-0.25, -0.2) is 12.8 Å². The van der Waals surface area contributed by atoms with E-state index in [9.17, 15) is 87.6 Å². The van der Waals surface area contributed by atoms with E-state index >= 15 is 0 Å². The summed E-state index contributed by atoms with van der Waals surface area (Å²) >= 11 is 0. The molecule has 3 nitrogen and oxygen atoms in total. The largest absolute Gasteiger partial charge is 0.743 e. The Kier molecular flexibility index (Phi) is 6.08. The topological polar surface area (TPSA) is 57.2 Å². The molecule has 1 atom stereocenters. The van der Waals surface area contributed by atoms with Crippen LogP contribution in [0, 0.1) is 0 Å². The van der Waals surface area contributed by atoms with Crippen molar-refractivity contribution in [3.63, 3.8) is 0 Å². The zero-order valence-corrected chi connectivity index (χ0v) is 12.9. The van der Waals surface area contributed by atoms with Gasteiger partial charge in [0.1, 0.15) is 0 Å². The second-order valence-corrected chi connectivity index (χ2v) is 6.34. The minimum Gasteiger partial charge on any atom is -0.743 e. The van der Waals surface area contributed by atoms with E-state index in [0.717, 1.165) is 0 Å². The monoisotopic (exact) mass is 499 g/mol. The smallest absolute Gasteiger partial charge is 0.460 e. The van der Waals surface area contributed by atoms with E-state index in [1.165, 1.54) is 0 Å². The van der Waals surface area contributed by atoms with Crippen molar-refractivity contribution in [3.8, 4) is 0 Å². The molecule has 0 aliphatic rings. The van der Waals surface area contributed by atoms with E-state index in [4.69, 9.17) is 0 Å². The van der Waals surface area contributed by atoms with Crippen molar-refractivity contribution in [3.05, 3.63) is 0 Å². The summed E-state index contributed by atoms with van der Waals surface area (Å²) in [5.74, 6) is -35.3. The molecule has 0 amide bonds. The Morgan fingerprint density at radius 1 is 0.448 bits per heavy atom. The molecule has 29 heavy (non-hydrogen) atoms. The first-order chi connectivity index (χ1) is 12.0. The van der Waals surface area contributed by atoms with Crippen LogP contribution in [0.4, 0.5) is 74.6 Å². The van der Waals surface area contributed by atoms with E-state index < -0.39 is 57.1 Å². The lowest BCUT2D eigenvalue weighted by atomic mass is 9.83. The van der Waals surface area contributed by atoms with Gasteiger partial charge in [0.2, 0.25) is 0 Å². The summed E-state index contributed by atoms with van der Waals surface area (Å²) in [7, 11) is -8.33. The van der Waals surface area contributed by atoms with Crippen LogP contribution in [0.2, 0.25) is 0 Å². The van der Waals surface area contributed by atoms with Crippen LogP contribution in [0.1, 0.15) is 0 Å². The minimum atomic E-state index is -9.15. The lowest BCUT2D eigenvalue weighted by molar-refractivity contribution is -0.461. The molecule has 21 heteroatoms. The molecule has 0 aliphatic carbocycles. The first kappa shape index (κ1) is 27.7. The summed E-state index contributed by atoms with van der Waals surface area (Å²) < 4.78 is 246. The lowest BCUT2D eigenvalue weighted by Crippen LogP contribution is -2.79. The zero-order valence-electron chi connectivity index (χ0n) is 12.1. The Hall–Kier alpha value is -1.28. The number of alkyl halides is 17. The van der Waals surface area contributed by atoms with Gasteiger partial charge in [0.25, 0.3) is 0 Å². The van der Waals surface area contributed by atoms with Gasteiger partial charge >= 0.3 is 47.0 Å². The molecule has 0 rings (SSSR count). The van der Waals surface area contributed by atoms with Crippen LogP contribution in [-0.2, 0) is 10.1 Å². The number of hydrogen-bond donors (Lipinski definition) is 0. The molecule has 0 aliphatic heterocycles. The number of hydrogen-bond acceptors (Lipinski definition) is 3. The summed E-state index contributed by atoms with van der Waals surface area (Å²) in [6.07, 6.45) is -16.6. The van der Waals surface area contributed by atoms with Crippen LogP contribution >= 0.6 is 0 Å². The summed E-state index contributed by atoms with van der Waals surface area (Å²) in [6, 6.07) is 0. The van der Waals surface area contributed by atoms with Gasteiger partial charge in [-0.3, -0.25) is 0 Å². The highest BCUT2D eigenvalue weighted by Gasteiger charge is 2.98. The van der Waals surface area contributed by atoms with Crippen molar-refractivity contribution in [2.24, 2.45) is 0 Å². The second-order valence-electron chi connectivity index (χ2n) is 4.92. The molecule has 0 saturated carbocycles. The molecule has 0 spiro atoms. The van der Waals surface area contributed by atoms with Crippen LogP contribution in [-0.4, -0.2) is 59.9 Å². The second kappa shape index (κ2) is 6.36. The minimum absolute atomic E-state index is 7.99. The highest BCUT2D eigenvalue weighted by Crippen LogP contribution is 2.66. The van der Waals surface area contributed by atoms with Gasteiger partial charge in [0, 0.05) is 0 Å². The highest BCUT2D eigenvalue weighted by atomic mass is 32.2. The van der Waals surface area contributed by atoms with Gasteiger partial charge in [-0.15, -0.1) is 0 Å². The van der Waals surface area contributed by atoms with Gasteiger partial charge in [-0.1, -0.05) is 0 Å². The molecule has 0 heterocycles. The maximum atomic E-state index is 13.6. The fourth-order valence-corrected chi connectivity index (χ4v) is 1.96. The van der Waals surface area contributed by atoms with Crippen molar-refractivity contribution in [1.29, 1.82) is 0 Å². The normalized spacial score (nSPS) is 18.6. The number of rotatable bonds is 6. The zero-order chi connectivity index (χ0) is 24.5. The van der Waals surface area contributed by atoms with E-state index in [-0.39, 0.29) is 0 Å². The van der Waals surface area contributed by atoms with E-state index in [2.05, 4.69) is 0 Å². The molecule has 176 valence electrons. The third kappa shape index (κ3) is 3.26. The first-order valence-corrected chi connectivity index (χ1v) is 7.08. The predicted octanol–water partition coefficient (Wildman–Crippen LogP) is 4.50. The van der Waals surface area contributed by atoms with Gasteiger partial charge < -0.3 is 4.55 Å². The molecule has 0 radical (unpaired) electrons. The van der Waals surface area contributed by atoms with Gasteiger partial charge in [0.05, 0.1) is 0 Å². The lowest BCUT2D eigenvalue weighted by Gasteiger charge is -2.46. The first-order valence-electron chi connectivity index (χ1n) is 5.67. The maximum absolute atomic E-state index is 13.6. The van der Waals surface area contributed by atoms with Gasteiger partial charge in [0.15, 0.2) is 10.1 Å². The quantitative estimate of drug-likeness (QED) is 0.400. The molecule has 0 bridgehead atoms. The van der Waals surface area contributed by atoms with Crippen molar-refractivity contribution in [2.75, 3.05) is 0 Å². The molecular formula is C8F17O3S-. The Morgan fingerprint density at radius 3 is 0.966 bits per heavy atom. The molecule has 0 aromatic carbocycles. The van der Waals surface area contributed by atoms with Crippen LogP contribution in [0.25, 0.3) is 0 Å². The Bertz CT molecular complexity index is 731. The Labute approximate surface area is 146 Å². The van der Waals surface area contributed by atoms with Crippen LogP contribution in [0.15, 0.2) is 0 Å². The summed E-state index contributed by atoms with van der Waals surface area (Å²) in [6.45, 7) is 0. The van der Waals surface area contributed by atoms with E-state index in [1.807, 2.05) is 0 Å². The van der Waals surface area contributed by atoms with Crippen molar-refractivity contribution in [1.82, 2.24) is 0 Å². The van der Waals surface area contributed by atoms with Gasteiger partial charge in [-0.05, 0) is 0 Å². The average molecular weight is 499 g/mol.